The summed E-state index contributed by atoms with van der Waals surface area (Å²) < 4.78 is 0. The number of nitrogens with two attached hydrogens (primary N) is 1. The average Bonchev–Trinajstić information content (AvgIpc) is 2.51. The zero-order chi connectivity index (χ0) is 11.5. The first-order valence-corrected chi connectivity index (χ1v) is 5.97. The Hall–Kier alpha value is -0.460. The van der Waals surface area contributed by atoms with E-state index in [0.29, 0.717) is 18.2 Å². The molecule has 0 unspecified atom stereocenters. The molecule has 0 aromatic carbocycles. The number of carbonyl (C=O) groups excluding carboxylic acids is 2. The van der Waals surface area contributed by atoms with E-state index >= 15 is 0 Å². The first-order chi connectivity index (χ1) is 6.94. The minimum Gasteiger partial charge on any atom is -0.348 e. The van der Waals surface area contributed by atoms with Gasteiger partial charge in [-0.1, -0.05) is 0 Å². The molecule has 0 aromatic rings. The van der Waals surface area contributed by atoms with Crippen LogP contribution in [0, 0.1) is 0 Å². The van der Waals surface area contributed by atoms with Crippen molar-refractivity contribution in [2.45, 2.75) is 19.4 Å². The van der Waals surface area contributed by atoms with Crippen molar-refractivity contribution in [1.82, 2.24) is 10.2 Å². The Bertz CT molecular complexity index is 273. The molecule has 0 saturated carbocycles. The van der Waals surface area contributed by atoms with Crippen LogP contribution in [-0.4, -0.2) is 47.0 Å². The van der Waals surface area contributed by atoms with Gasteiger partial charge in [0.25, 0.3) is 0 Å². The van der Waals surface area contributed by atoms with E-state index in [9.17, 15) is 9.59 Å². The van der Waals surface area contributed by atoms with Crippen LogP contribution in [0.3, 0.4) is 0 Å². The highest BCUT2D eigenvalue weighted by molar-refractivity contribution is 8.00. The highest BCUT2D eigenvalue weighted by Gasteiger charge is 2.25. The molecule has 3 N–H and O–H groups in total. The van der Waals surface area contributed by atoms with Gasteiger partial charge in [0.2, 0.25) is 11.8 Å². The van der Waals surface area contributed by atoms with Crippen molar-refractivity contribution in [2.75, 3.05) is 24.7 Å². The van der Waals surface area contributed by atoms with Crippen LogP contribution in [-0.2, 0) is 9.59 Å². The summed E-state index contributed by atoms with van der Waals surface area (Å²) in [5.74, 6) is 0.963. The van der Waals surface area contributed by atoms with Gasteiger partial charge in [-0.25, -0.2) is 0 Å². The van der Waals surface area contributed by atoms with Crippen LogP contribution in [0.4, 0.5) is 0 Å². The summed E-state index contributed by atoms with van der Waals surface area (Å²) in [6.45, 7) is 4.22. The molecule has 1 saturated heterocycles. The molecule has 16 heavy (non-hydrogen) atoms. The number of hydrogen-bond donors (Lipinski definition) is 2. The molecule has 0 atom stereocenters. The van der Waals surface area contributed by atoms with E-state index in [1.54, 1.807) is 4.90 Å². The molecule has 0 bridgehead atoms. The number of thioether (sulfide) groups is 1. The molecular formula is C9H18ClN3O2S. The summed E-state index contributed by atoms with van der Waals surface area (Å²) >= 11 is 1.53. The Morgan fingerprint density at radius 1 is 1.62 bits per heavy atom. The number of halogens is 1. The van der Waals surface area contributed by atoms with Crippen molar-refractivity contribution in [3.63, 3.8) is 0 Å². The molecule has 1 aliphatic heterocycles. The average molecular weight is 268 g/mol. The number of nitrogens with zero attached hydrogens (tertiary/aromatic N) is 1. The second-order valence-corrected chi connectivity index (χ2v) is 5.16. The maximum absolute atomic E-state index is 11.5. The number of carbonyl (C=O) groups is 2. The third-order valence-electron chi connectivity index (χ3n) is 2.15. The van der Waals surface area contributed by atoms with Gasteiger partial charge in [0.05, 0.1) is 11.6 Å². The predicted octanol–water partition coefficient (Wildman–Crippen LogP) is -0.205. The third kappa shape index (κ3) is 4.59. The van der Waals surface area contributed by atoms with E-state index in [0.717, 1.165) is 0 Å². The predicted molar refractivity (Wildman–Crippen MR) is 67.6 cm³/mol. The van der Waals surface area contributed by atoms with Crippen molar-refractivity contribution in [2.24, 2.45) is 5.73 Å². The number of hydrogen-bond acceptors (Lipinski definition) is 4. The molecule has 94 valence electrons. The Morgan fingerprint density at radius 3 is 2.69 bits per heavy atom. The summed E-state index contributed by atoms with van der Waals surface area (Å²) in [4.78, 5) is 24.3. The Labute approximate surface area is 106 Å². The lowest BCUT2D eigenvalue weighted by molar-refractivity contribution is -0.133. The van der Waals surface area contributed by atoms with E-state index < -0.39 is 5.54 Å². The maximum Gasteiger partial charge on any atom is 0.240 e. The van der Waals surface area contributed by atoms with Gasteiger partial charge < -0.3 is 16.0 Å². The highest BCUT2D eigenvalue weighted by Crippen LogP contribution is 2.14. The molecular weight excluding hydrogens is 250 g/mol. The number of amides is 2. The van der Waals surface area contributed by atoms with Crippen LogP contribution < -0.4 is 11.1 Å². The molecule has 0 radical (unpaired) electrons. The normalized spacial score (nSPS) is 15.9. The van der Waals surface area contributed by atoms with E-state index in [-0.39, 0.29) is 30.8 Å². The number of rotatable bonds is 4. The fourth-order valence-corrected chi connectivity index (χ4v) is 2.09. The lowest BCUT2D eigenvalue weighted by Gasteiger charge is -2.25. The molecule has 1 aliphatic rings. The fraction of sp³-hybridized carbons (Fsp3) is 0.778. The van der Waals surface area contributed by atoms with Gasteiger partial charge in [0.1, 0.15) is 6.54 Å². The first kappa shape index (κ1) is 15.5. The van der Waals surface area contributed by atoms with Crippen LogP contribution in [0.25, 0.3) is 0 Å². The van der Waals surface area contributed by atoms with Crippen molar-refractivity contribution < 1.29 is 9.59 Å². The third-order valence-corrected chi connectivity index (χ3v) is 3.09. The van der Waals surface area contributed by atoms with Crippen molar-refractivity contribution in [3.8, 4) is 0 Å². The molecule has 0 aliphatic carbocycles. The second kappa shape index (κ2) is 6.32. The summed E-state index contributed by atoms with van der Waals surface area (Å²) in [7, 11) is 0. The van der Waals surface area contributed by atoms with Gasteiger partial charge in [-0.2, -0.15) is 0 Å². The van der Waals surface area contributed by atoms with Crippen molar-refractivity contribution in [1.29, 1.82) is 0 Å². The van der Waals surface area contributed by atoms with Crippen molar-refractivity contribution >= 4 is 36.0 Å². The lowest BCUT2D eigenvalue weighted by atomic mass is 10.1. The minimum absolute atomic E-state index is 0. The topological polar surface area (TPSA) is 75.4 Å². The van der Waals surface area contributed by atoms with Crippen LogP contribution >= 0.6 is 24.2 Å². The number of nitrogens with one attached hydrogen (secondary N) is 1. The molecule has 1 fully saturated rings. The molecule has 2 amide bonds. The molecule has 5 nitrogen and oxygen atoms in total. The van der Waals surface area contributed by atoms with Gasteiger partial charge >= 0.3 is 0 Å². The molecule has 0 aromatic heterocycles. The monoisotopic (exact) mass is 267 g/mol. The van der Waals surface area contributed by atoms with E-state index in [4.69, 9.17) is 5.73 Å². The smallest absolute Gasteiger partial charge is 0.240 e. The highest BCUT2D eigenvalue weighted by atomic mass is 35.5. The zero-order valence-corrected chi connectivity index (χ0v) is 11.1. The van der Waals surface area contributed by atoms with Gasteiger partial charge in [-0.05, 0) is 13.8 Å². The van der Waals surface area contributed by atoms with Gasteiger partial charge in [-0.3, -0.25) is 9.59 Å². The van der Waals surface area contributed by atoms with Crippen molar-refractivity contribution in [3.05, 3.63) is 0 Å². The fourth-order valence-electron chi connectivity index (χ4n) is 1.18. The van der Waals surface area contributed by atoms with E-state index in [1.165, 1.54) is 11.8 Å². The summed E-state index contributed by atoms with van der Waals surface area (Å²) in [6.07, 6.45) is 0. The largest absolute Gasteiger partial charge is 0.348 e. The minimum atomic E-state index is -0.410. The maximum atomic E-state index is 11.5. The van der Waals surface area contributed by atoms with Crippen LogP contribution in [0.1, 0.15) is 13.8 Å². The zero-order valence-electron chi connectivity index (χ0n) is 9.49. The van der Waals surface area contributed by atoms with Gasteiger partial charge in [-0.15, -0.1) is 24.2 Å². The van der Waals surface area contributed by atoms with Crippen LogP contribution in [0.2, 0.25) is 0 Å². The van der Waals surface area contributed by atoms with Crippen LogP contribution in [0.5, 0.6) is 0 Å². The summed E-state index contributed by atoms with van der Waals surface area (Å²) in [5, 5.41) is 2.79. The Kier molecular flexibility index (Phi) is 6.14. The quantitative estimate of drug-likeness (QED) is 0.739. The van der Waals surface area contributed by atoms with E-state index in [1.807, 2.05) is 13.8 Å². The molecule has 1 heterocycles. The standard InChI is InChI=1S/C9H17N3O2S.ClH/c1-9(2,5-10)11-7(13)3-12-6-15-4-8(12)14;/h3-6,10H2,1-2H3,(H,11,13);1H. The Balaban J connectivity index is 0.00000225. The molecule has 0 spiro atoms. The van der Waals surface area contributed by atoms with Crippen LogP contribution in [0.15, 0.2) is 0 Å². The first-order valence-electron chi connectivity index (χ1n) is 4.81. The molecule has 1 rings (SSSR count). The lowest BCUT2D eigenvalue weighted by Crippen LogP contribution is -2.51. The summed E-state index contributed by atoms with van der Waals surface area (Å²) in [5.41, 5.74) is 5.08. The van der Waals surface area contributed by atoms with Gasteiger partial charge in [0, 0.05) is 12.1 Å². The second-order valence-electron chi connectivity index (χ2n) is 4.21. The molecule has 7 heteroatoms. The summed E-state index contributed by atoms with van der Waals surface area (Å²) in [6, 6.07) is 0. The van der Waals surface area contributed by atoms with E-state index in [2.05, 4.69) is 5.32 Å². The van der Waals surface area contributed by atoms with Gasteiger partial charge in [0.15, 0.2) is 0 Å². The SMILES string of the molecule is CC(C)(CN)NC(=O)CN1CSCC1=O.Cl. The Morgan fingerprint density at radius 2 is 2.25 bits per heavy atom.